The molecule has 4 aromatic carbocycles. The van der Waals surface area contributed by atoms with Gasteiger partial charge in [0.2, 0.25) is 11.8 Å². The molecule has 14 heteroatoms. The lowest BCUT2D eigenvalue weighted by Crippen LogP contribution is -2.30. The third-order valence-electron chi connectivity index (χ3n) is 9.65. The first kappa shape index (κ1) is 44.3. The summed E-state index contributed by atoms with van der Waals surface area (Å²) in [4.78, 5) is 28.2. The first-order chi connectivity index (χ1) is 26.8. The van der Waals surface area contributed by atoms with Crippen molar-refractivity contribution < 1.29 is 40.3 Å². The van der Waals surface area contributed by atoms with E-state index < -0.39 is 29.4 Å². The van der Waals surface area contributed by atoms with E-state index in [1.807, 2.05) is 52.5 Å². The number of nitrogens with one attached hydrogen (secondary N) is 2. The van der Waals surface area contributed by atoms with Crippen molar-refractivity contribution in [2.45, 2.75) is 92.7 Å². The highest BCUT2D eigenvalue weighted by atomic mass is 35.5. The highest BCUT2D eigenvalue weighted by molar-refractivity contribution is 6.34. The highest BCUT2D eigenvalue weighted by Gasteiger charge is 2.35. The number of halogens is 8. The first-order valence-corrected chi connectivity index (χ1v) is 19.3. The Kier molecular flexibility index (Phi) is 13.2. The monoisotopic (exact) mass is 832 g/mol. The molecule has 0 fully saturated rings. The predicted molar refractivity (Wildman–Crippen MR) is 216 cm³/mol. The van der Waals surface area contributed by atoms with Crippen molar-refractivity contribution in [2.75, 3.05) is 33.5 Å². The number of amides is 2. The number of alkyl halides is 6. The SMILES string of the molecule is CC(C)(C)CC(=O)Nc1ccc(N2CCc3cc(C(F)(F)F)ccc3C2)cc1Cl.CC(C)(C)CC(=O)Nc1ccc(N2CCc3cc(F)ccc3C2)cc1C(F)(F)F. The zero-order valence-electron chi connectivity index (χ0n) is 33.3. The average molecular weight is 833 g/mol. The van der Waals surface area contributed by atoms with Crippen LogP contribution < -0.4 is 20.4 Å². The van der Waals surface area contributed by atoms with Gasteiger partial charge in [-0.05, 0) is 107 Å². The lowest BCUT2D eigenvalue weighted by Gasteiger charge is -2.31. The zero-order chi connectivity index (χ0) is 42.8. The van der Waals surface area contributed by atoms with Crippen LogP contribution in [0.15, 0.2) is 72.8 Å². The van der Waals surface area contributed by atoms with Gasteiger partial charge in [-0.3, -0.25) is 9.59 Å². The first-order valence-electron chi connectivity index (χ1n) is 18.9. The molecule has 0 spiro atoms. The molecule has 0 atom stereocenters. The fraction of sp³-hybridized carbons (Fsp3) is 0.409. The molecule has 0 aromatic heterocycles. The molecular formula is C44H48ClF7N4O2. The maximum Gasteiger partial charge on any atom is 0.418 e. The molecule has 2 aliphatic rings. The second kappa shape index (κ2) is 17.2. The summed E-state index contributed by atoms with van der Waals surface area (Å²) in [7, 11) is 0. The number of hydrogen-bond donors (Lipinski definition) is 2. The number of carbonyl (C=O) groups excluding carboxylic acids is 2. The Hall–Kier alpha value is -4.78. The quantitative estimate of drug-likeness (QED) is 0.190. The van der Waals surface area contributed by atoms with Gasteiger partial charge in [0.25, 0.3) is 0 Å². The average Bonchev–Trinajstić information content (AvgIpc) is 3.10. The summed E-state index contributed by atoms with van der Waals surface area (Å²) < 4.78 is 93.1. The van der Waals surface area contributed by atoms with Crippen molar-refractivity contribution in [3.63, 3.8) is 0 Å². The van der Waals surface area contributed by atoms with Gasteiger partial charge < -0.3 is 20.4 Å². The third kappa shape index (κ3) is 12.1. The van der Waals surface area contributed by atoms with Crippen LogP contribution in [-0.4, -0.2) is 24.9 Å². The molecule has 2 N–H and O–H groups in total. The Morgan fingerprint density at radius 1 is 0.603 bits per heavy atom. The Labute approximate surface area is 339 Å². The number of nitrogens with zero attached hydrogens (tertiary/aromatic N) is 2. The topological polar surface area (TPSA) is 64.7 Å². The van der Waals surface area contributed by atoms with Gasteiger partial charge in [0.05, 0.1) is 27.5 Å². The number of rotatable bonds is 6. The fourth-order valence-corrected chi connectivity index (χ4v) is 7.14. The van der Waals surface area contributed by atoms with Crippen molar-refractivity contribution in [3.05, 3.63) is 117 Å². The van der Waals surface area contributed by atoms with Gasteiger partial charge >= 0.3 is 12.4 Å². The molecule has 2 amide bonds. The highest BCUT2D eigenvalue weighted by Crippen LogP contribution is 2.39. The standard InChI is InChI=1S/C22H24ClF3N2O.C22H24F4N2O/c1-21(2,3)12-20(29)27-19-7-6-17(11-18(19)23)28-9-8-14-10-16(22(24,25)26)5-4-15(14)13-28;1-21(2,3)12-20(29)27-19-7-6-17(11-18(19)22(24,25)26)28-9-8-14-10-16(23)5-4-15(14)13-28/h2*4-7,10-11H,8-9,12-13H2,1-3H3,(H,27,29). The summed E-state index contributed by atoms with van der Waals surface area (Å²) >= 11 is 6.37. The minimum Gasteiger partial charge on any atom is -0.367 e. The van der Waals surface area contributed by atoms with Gasteiger partial charge in [-0.1, -0.05) is 65.3 Å². The maximum atomic E-state index is 13.7. The molecule has 6 nitrogen and oxygen atoms in total. The van der Waals surface area contributed by atoms with E-state index in [4.69, 9.17) is 11.6 Å². The molecule has 6 rings (SSSR count). The summed E-state index contributed by atoms with van der Waals surface area (Å²) in [6.45, 7) is 13.5. The van der Waals surface area contributed by atoms with Crippen LogP contribution in [0.3, 0.4) is 0 Å². The molecule has 58 heavy (non-hydrogen) atoms. The fourth-order valence-electron chi connectivity index (χ4n) is 6.92. The molecule has 0 unspecified atom stereocenters. The van der Waals surface area contributed by atoms with E-state index in [-0.39, 0.29) is 34.7 Å². The van der Waals surface area contributed by atoms with Gasteiger partial charge in [0.15, 0.2) is 0 Å². The summed E-state index contributed by atoms with van der Waals surface area (Å²) in [5, 5.41) is 5.68. The second-order valence-electron chi connectivity index (χ2n) is 17.2. The Morgan fingerprint density at radius 2 is 1.09 bits per heavy atom. The lowest BCUT2D eigenvalue weighted by molar-refractivity contribution is -0.138. The van der Waals surface area contributed by atoms with Crippen molar-refractivity contribution >= 4 is 46.2 Å². The minimum atomic E-state index is -4.60. The zero-order valence-corrected chi connectivity index (χ0v) is 34.1. The van der Waals surface area contributed by atoms with Crippen LogP contribution in [0.2, 0.25) is 5.02 Å². The van der Waals surface area contributed by atoms with Crippen LogP contribution in [0.1, 0.15) is 87.8 Å². The number of carbonyl (C=O) groups is 2. The van der Waals surface area contributed by atoms with Crippen LogP contribution in [0, 0.1) is 16.6 Å². The van der Waals surface area contributed by atoms with E-state index in [0.29, 0.717) is 61.8 Å². The van der Waals surface area contributed by atoms with Gasteiger partial charge in [-0.15, -0.1) is 0 Å². The van der Waals surface area contributed by atoms with Crippen LogP contribution in [0.5, 0.6) is 0 Å². The lowest BCUT2D eigenvalue weighted by atomic mass is 9.92. The maximum absolute atomic E-state index is 13.7. The number of hydrogen-bond acceptors (Lipinski definition) is 4. The van der Waals surface area contributed by atoms with Crippen LogP contribution >= 0.6 is 11.6 Å². The summed E-state index contributed by atoms with van der Waals surface area (Å²) in [5.74, 6) is -0.865. The van der Waals surface area contributed by atoms with Gasteiger partial charge in [-0.25, -0.2) is 4.39 Å². The molecule has 0 aliphatic carbocycles. The summed E-state index contributed by atoms with van der Waals surface area (Å²) in [5.41, 5.74) is 3.05. The predicted octanol–water partition coefficient (Wildman–Crippen LogP) is 12.1. The normalized spacial score (nSPS) is 14.5. The van der Waals surface area contributed by atoms with Crippen LogP contribution in [-0.2, 0) is 47.9 Å². The molecule has 4 aromatic rings. The molecule has 312 valence electrons. The number of anilines is 4. The third-order valence-corrected chi connectivity index (χ3v) is 9.96. The molecule has 2 aliphatic heterocycles. The summed E-state index contributed by atoms with van der Waals surface area (Å²) in [6, 6.07) is 17.8. The molecule has 2 heterocycles. The summed E-state index contributed by atoms with van der Waals surface area (Å²) in [6.07, 6.45) is -7.34. The van der Waals surface area contributed by atoms with E-state index in [0.717, 1.165) is 40.1 Å². The molecule has 0 radical (unpaired) electrons. The number of fused-ring (bicyclic) bond motifs is 2. The Balaban J connectivity index is 0.000000221. The van der Waals surface area contributed by atoms with Gasteiger partial charge in [0.1, 0.15) is 5.82 Å². The number of benzene rings is 4. The van der Waals surface area contributed by atoms with Crippen LogP contribution in [0.25, 0.3) is 0 Å². The second-order valence-corrected chi connectivity index (χ2v) is 17.6. The van der Waals surface area contributed by atoms with E-state index >= 15 is 0 Å². The van der Waals surface area contributed by atoms with E-state index in [1.165, 1.54) is 24.3 Å². The van der Waals surface area contributed by atoms with Gasteiger partial charge in [-0.2, -0.15) is 26.3 Å². The van der Waals surface area contributed by atoms with Gasteiger partial charge in [0, 0.05) is 50.4 Å². The minimum absolute atomic E-state index is 0.0977. The van der Waals surface area contributed by atoms with Crippen molar-refractivity contribution in [1.82, 2.24) is 0 Å². The van der Waals surface area contributed by atoms with Crippen molar-refractivity contribution in [1.29, 1.82) is 0 Å². The molecule has 0 saturated carbocycles. The molecule has 0 saturated heterocycles. The van der Waals surface area contributed by atoms with E-state index in [2.05, 4.69) is 15.5 Å². The Bertz CT molecular complexity index is 2140. The van der Waals surface area contributed by atoms with E-state index in [9.17, 15) is 40.3 Å². The molecular weight excluding hydrogens is 785 g/mol. The Morgan fingerprint density at radius 3 is 1.59 bits per heavy atom. The van der Waals surface area contributed by atoms with Crippen molar-refractivity contribution in [2.24, 2.45) is 10.8 Å². The van der Waals surface area contributed by atoms with E-state index in [1.54, 1.807) is 30.3 Å². The van der Waals surface area contributed by atoms with Crippen LogP contribution in [0.4, 0.5) is 53.5 Å². The largest absolute Gasteiger partial charge is 0.418 e. The van der Waals surface area contributed by atoms with Crippen molar-refractivity contribution in [3.8, 4) is 0 Å². The molecule has 0 bridgehead atoms. The smallest absolute Gasteiger partial charge is 0.367 e.